The summed E-state index contributed by atoms with van der Waals surface area (Å²) in [5.74, 6) is 1.15. The zero-order valence-electron chi connectivity index (χ0n) is 11.4. The highest BCUT2D eigenvalue weighted by Crippen LogP contribution is 2.20. The predicted molar refractivity (Wildman–Crippen MR) is 71.0 cm³/mol. The van der Waals surface area contributed by atoms with Crippen LogP contribution in [-0.2, 0) is 24.4 Å². The number of aromatic nitrogens is 5. The van der Waals surface area contributed by atoms with E-state index in [0.717, 1.165) is 50.8 Å². The highest BCUT2D eigenvalue weighted by molar-refractivity contribution is 5.07. The number of hydrogen-bond acceptors (Lipinski definition) is 5. The number of imidazole rings is 1. The van der Waals surface area contributed by atoms with Gasteiger partial charge in [-0.2, -0.15) is 5.10 Å². The van der Waals surface area contributed by atoms with E-state index in [-0.39, 0.29) is 0 Å². The minimum absolute atomic E-state index is 0.569. The van der Waals surface area contributed by atoms with E-state index >= 15 is 0 Å². The monoisotopic (exact) mass is 274 g/mol. The first-order chi connectivity index (χ1) is 9.88. The van der Waals surface area contributed by atoms with Gasteiger partial charge < -0.3 is 9.30 Å². The zero-order valence-corrected chi connectivity index (χ0v) is 11.4. The smallest absolute Gasteiger partial charge is 0.137 e. The highest BCUT2D eigenvalue weighted by atomic mass is 16.5. The number of ether oxygens (including phenoxy) is 1. The lowest BCUT2D eigenvalue weighted by Gasteiger charge is -2.31. The zero-order chi connectivity index (χ0) is 13.4. The van der Waals surface area contributed by atoms with Crippen molar-refractivity contribution in [3.63, 3.8) is 0 Å². The SMILES string of the molecule is c1ncn(Cc2cn3c(n2)CN(C2CCOC2)CC3)n1. The van der Waals surface area contributed by atoms with Crippen LogP contribution in [0.25, 0.3) is 0 Å². The van der Waals surface area contributed by atoms with E-state index in [0.29, 0.717) is 12.6 Å². The van der Waals surface area contributed by atoms with Crippen LogP contribution in [0.2, 0.25) is 0 Å². The Labute approximate surface area is 117 Å². The molecule has 2 aromatic rings. The van der Waals surface area contributed by atoms with Gasteiger partial charge in [-0.15, -0.1) is 0 Å². The molecule has 4 heterocycles. The molecule has 1 saturated heterocycles. The van der Waals surface area contributed by atoms with Crippen LogP contribution in [0.1, 0.15) is 17.9 Å². The van der Waals surface area contributed by atoms with Crippen molar-refractivity contribution < 1.29 is 4.74 Å². The lowest BCUT2D eigenvalue weighted by Crippen LogP contribution is -2.41. The van der Waals surface area contributed by atoms with Crippen molar-refractivity contribution in [2.24, 2.45) is 0 Å². The van der Waals surface area contributed by atoms with Gasteiger partial charge in [0.25, 0.3) is 0 Å². The first-order valence-corrected chi connectivity index (χ1v) is 7.07. The van der Waals surface area contributed by atoms with Crippen LogP contribution >= 0.6 is 0 Å². The Hall–Kier alpha value is -1.73. The molecular weight excluding hydrogens is 256 g/mol. The second-order valence-corrected chi connectivity index (χ2v) is 5.42. The molecule has 1 fully saturated rings. The second kappa shape index (κ2) is 4.99. The molecule has 0 radical (unpaired) electrons. The van der Waals surface area contributed by atoms with Crippen LogP contribution in [0, 0.1) is 0 Å². The molecule has 0 saturated carbocycles. The molecule has 2 aromatic heterocycles. The lowest BCUT2D eigenvalue weighted by molar-refractivity contribution is 0.121. The van der Waals surface area contributed by atoms with Gasteiger partial charge in [0.2, 0.25) is 0 Å². The van der Waals surface area contributed by atoms with Gasteiger partial charge in [-0.05, 0) is 6.42 Å². The van der Waals surface area contributed by atoms with Gasteiger partial charge >= 0.3 is 0 Å². The van der Waals surface area contributed by atoms with Gasteiger partial charge in [-0.3, -0.25) is 4.90 Å². The average molecular weight is 274 g/mol. The molecule has 0 bridgehead atoms. The Morgan fingerprint density at radius 3 is 3.15 bits per heavy atom. The lowest BCUT2D eigenvalue weighted by atomic mass is 10.2. The fourth-order valence-corrected chi connectivity index (χ4v) is 3.01. The molecule has 0 aromatic carbocycles. The maximum absolute atomic E-state index is 5.49. The van der Waals surface area contributed by atoms with Crippen molar-refractivity contribution in [2.75, 3.05) is 19.8 Å². The minimum Gasteiger partial charge on any atom is -0.380 e. The molecule has 2 aliphatic rings. The summed E-state index contributed by atoms with van der Waals surface area (Å²) in [7, 11) is 0. The fraction of sp³-hybridized carbons (Fsp3) is 0.615. The first kappa shape index (κ1) is 12.0. The average Bonchev–Trinajstić information content (AvgIpc) is 3.19. The summed E-state index contributed by atoms with van der Waals surface area (Å²) >= 11 is 0. The van der Waals surface area contributed by atoms with Gasteiger partial charge in [0.15, 0.2) is 0 Å². The van der Waals surface area contributed by atoms with E-state index in [2.05, 4.69) is 25.7 Å². The van der Waals surface area contributed by atoms with Crippen molar-refractivity contribution in [2.45, 2.75) is 32.1 Å². The third-order valence-electron chi connectivity index (χ3n) is 4.09. The number of fused-ring (bicyclic) bond motifs is 1. The van der Waals surface area contributed by atoms with Crippen LogP contribution in [0.4, 0.5) is 0 Å². The Balaban J connectivity index is 1.49. The van der Waals surface area contributed by atoms with E-state index in [1.54, 1.807) is 17.3 Å². The normalized spacial score (nSPS) is 23.1. The third kappa shape index (κ3) is 2.23. The van der Waals surface area contributed by atoms with Gasteiger partial charge in [0.05, 0.1) is 25.4 Å². The molecule has 0 amide bonds. The van der Waals surface area contributed by atoms with Crippen LogP contribution in [0.5, 0.6) is 0 Å². The van der Waals surface area contributed by atoms with E-state index in [4.69, 9.17) is 9.72 Å². The third-order valence-corrected chi connectivity index (χ3v) is 4.09. The van der Waals surface area contributed by atoms with Gasteiger partial charge in [-0.1, -0.05) is 0 Å². The molecule has 0 aliphatic carbocycles. The molecular formula is C13H18N6O. The molecule has 4 rings (SSSR count). The maximum Gasteiger partial charge on any atom is 0.137 e. The molecule has 20 heavy (non-hydrogen) atoms. The second-order valence-electron chi connectivity index (χ2n) is 5.42. The summed E-state index contributed by atoms with van der Waals surface area (Å²) in [5.41, 5.74) is 1.05. The number of hydrogen-bond donors (Lipinski definition) is 0. The summed E-state index contributed by atoms with van der Waals surface area (Å²) < 4.78 is 9.55. The van der Waals surface area contributed by atoms with Crippen molar-refractivity contribution >= 4 is 0 Å². The summed E-state index contributed by atoms with van der Waals surface area (Å²) in [6.07, 6.45) is 6.56. The molecule has 0 spiro atoms. The predicted octanol–water partition coefficient (Wildman–Crippen LogP) is 0.127. The highest BCUT2D eigenvalue weighted by Gasteiger charge is 2.27. The van der Waals surface area contributed by atoms with E-state index in [1.807, 2.05) is 0 Å². The summed E-state index contributed by atoms with van der Waals surface area (Å²) in [4.78, 5) is 11.2. The summed E-state index contributed by atoms with van der Waals surface area (Å²) in [6, 6.07) is 0.569. The fourth-order valence-electron chi connectivity index (χ4n) is 3.01. The Kier molecular flexibility index (Phi) is 3.00. The van der Waals surface area contributed by atoms with Crippen LogP contribution in [0.15, 0.2) is 18.9 Å². The summed E-state index contributed by atoms with van der Waals surface area (Å²) in [6.45, 7) is 5.47. The van der Waals surface area contributed by atoms with E-state index < -0.39 is 0 Å². The molecule has 2 aliphatic heterocycles. The van der Waals surface area contributed by atoms with Crippen molar-refractivity contribution in [3.8, 4) is 0 Å². The van der Waals surface area contributed by atoms with E-state index in [1.165, 1.54) is 0 Å². The summed E-state index contributed by atoms with van der Waals surface area (Å²) in [5, 5.41) is 4.13. The largest absolute Gasteiger partial charge is 0.380 e. The molecule has 0 N–H and O–H groups in total. The molecule has 1 atom stereocenters. The maximum atomic E-state index is 5.49. The van der Waals surface area contributed by atoms with Crippen molar-refractivity contribution in [3.05, 3.63) is 30.4 Å². The Morgan fingerprint density at radius 2 is 2.35 bits per heavy atom. The first-order valence-electron chi connectivity index (χ1n) is 7.07. The Bertz CT molecular complexity index is 572. The Morgan fingerprint density at radius 1 is 1.35 bits per heavy atom. The quantitative estimate of drug-likeness (QED) is 0.796. The van der Waals surface area contributed by atoms with Crippen LogP contribution in [-0.4, -0.2) is 55.0 Å². The minimum atomic E-state index is 0.569. The van der Waals surface area contributed by atoms with Crippen LogP contribution in [0.3, 0.4) is 0 Å². The van der Waals surface area contributed by atoms with Gasteiger partial charge in [0, 0.05) is 31.9 Å². The topological polar surface area (TPSA) is 61.0 Å². The van der Waals surface area contributed by atoms with E-state index in [9.17, 15) is 0 Å². The van der Waals surface area contributed by atoms with Crippen LogP contribution < -0.4 is 0 Å². The van der Waals surface area contributed by atoms with Gasteiger partial charge in [-0.25, -0.2) is 14.6 Å². The molecule has 106 valence electrons. The molecule has 1 unspecified atom stereocenters. The molecule has 7 heteroatoms. The molecule has 7 nitrogen and oxygen atoms in total. The number of rotatable bonds is 3. The standard InChI is InChI=1S/C13H18N6O/c1-4-20-8-12(1)17-2-3-18-5-11(16-13(18)7-17)6-19-10-14-9-15-19/h5,9-10,12H,1-4,6-8H2. The number of nitrogens with zero attached hydrogens (tertiary/aromatic N) is 6. The van der Waals surface area contributed by atoms with Gasteiger partial charge in [0.1, 0.15) is 18.5 Å². The van der Waals surface area contributed by atoms with Crippen molar-refractivity contribution in [1.82, 2.24) is 29.2 Å². The van der Waals surface area contributed by atoms with Crippen molar-refractivity contribution in [1.29, 1.82) is 0 Å².